The Morgan fingerprint density at radius 2 is 2.21 bits per heavy atom. The maximum absolute atomic E-state index is 11.0. The van der Waals surface area contributed by atoms with Crippen LogP contribution in [0.25, 0.3) is 0 Å². The minimum atomic E-state index is -0.344. The number of nitrogens with one attached hydrogen (secondary N) is 1. The molecule has 0 radical (unpaired) electrons. The third kappa shape index (κ3) is 4.84. The van der Waals surface area contributed by atoms with E-state index in [1.165, 1.54) is 0 Å². The van der Waals surface area contributed by atoms with Gasteiger partial charge in [0.2, 0.25) is 5.91 Å². The molecule has 0 spiro atoms. The van der Waals surface area contributed by atoms with Crippen LogP contribution in [0, 0.1) is 12.8 Å². The summed E-state index contributed by atoms with van der Waals surface area (Å²) in [4.78, 5) is 11.0. The molecule has 0 fully saturated rings. The highest BCUT2D eigenvalue weighted by Gasteiger charge is 2.13. The summed E-state index contributed by atoms with van der Waals surface area (Å²) < 4.78 is 6.80. The lowest BCUT2D eigenvalue weighted by atomic mass is 10.1. The summed E-state index contributed by atoms with van der Waals surface area (Å²) in [5, 5.41) is 3.28. The van der Waals surface area contributed by atoms with Crippen LogP contribution in [0.15, 0.2) is 16.6 Å². The Labute approximate surface area is 122 Å². The van der Waals surface area contributed by atoms with Crippen molar-refractivity contribution in [1.82, 2.24) is 5.32 Å². The van der Waals surface area contributed by atoms with Crippen molar-refractivity contribution in [2.24, 2.45) is 11.7 Å². The minimum absolute atomic E-state index is 0.296. The van der Waals surface area contributed by atoms with E-state index >= 15 is 0 Å². The second-order valence-electron chi connectivity index (χ2n) is 4.61. The second-order valence-corrected chi connectivity index (χ2v) is 5.52. The molecule has 4 nitrogen and oxygen atoms in total. The summed E-state index contributed by atoms with van der Waals surface area (Å²) in [6.45, 7) is 7.74. The van der Waals surface area contributed by atoms with Crippen LogP contribution in [0.2, 0.25) is 0 Å². The number of benzene rings is 1. The number of carbonyl (C=O) groups is 1. The second kappa shape index (κ2) is 7.50. The van der Waals surface area contributed by atoms with Gasteiger partial charge in [-0.2, -0.15) is 0 Å². The summed E-state index contributed by atoms with van der Waals surface area (Å²) >= 11 is 3.48. The topological polar surface area (TPSA) is 64.3 Å². The maximum atomic E-state index is 11.0. The highest BCUT2D eigenvalue weighted by molar-refractivity contribution is 9.10. The molecule has 19 heavy (non-hydrogen) atoms. The zero-order chi connectivity index (χ0) is 14.4. The van der Waals surface area contributed by atoms with Crippen molar-refractivity contribution in [1.29, 1.82) is 0 Å². The Kier molecular flexibility index (Phi) is 6.31. The van der Waals surface area contributed by atoms with Gasteiger partial charge in [0.15, 0.2) is 0 Å². The number of aryl methyl sites for hydroxylation is 1. The highest BCUT2D eigenvalue weighted by Crippen LogP contribution is 2.28. The summed E-state index contributed by atoms with van der Waals surface area (Å²) in [5.41, 5.74) is 7.36. The minimum Gasteiger partial charge on any atom is -0.492 e. The van der Waals surface area contributed by atoms with Gasteiger partial charge in [-0.1, -0.05) is 29.8 Å². The van der Waals surface area contributed by atoms with Gasteiger partial charge in [-0.05, 0) is 31.2 Å². The maximum Gasteiger partial charge on any atom is 0.223 e. The first kappa shape index (κ1) is 16.0. The lowest BCUT2D eigenvalue weighted by molar-refractivity contribution is -0.122. The van der Waals surface area contributed by atoms with Crippen LogP contribution >= 0.6 is 15.9 Å². The number of primary amides is 1. The van der Waals surface area contributed by atoms with E-state index in [9.17, 15) is 4.79 Å². The smallest absolute Gasteiger partial charge is 0.223 e. The molecule has 0 bridgehead atoms. The van der Waals surface area contributed by atoms with Gasteiger partial charge in [-0.3, -0.25) is 4.79 Å². The molecule has 0 saturated carbocycles. The Morgan fingerprint density at radius 1 is 1.53 bits per heavy atom. The number of nitrogens with two attached hydrogens (primary N) is 1. The van der Waals surface area contributed by atoms with E-state index in [0.717, 1.165) is 34.4 Å². The predicted molar refractivity (Wildman–Crippen MR) is 80.1 cm³/mol. The normalized spacial score (nSPS) is 12.2. The SMILES string of the molecule is CCNCc1cc(Br)cc(C)c1OCC(C)C(N)=O. The monoisotopic (exact) mass is 328 g/mol. The fraction of sp³-hybridized carbons (Fsp3) is 0.500. The number of rotatable bonds is 7. The lowest BCUT2D eigenvalue weighted by Gasteiger charge is -2.17. The molecule has 3 N–H and O–H groups in total. The Hall–Kier alpha value is -1.07. The molecule has 0 aliphatic carbocycles. The first-order valence-corrected chi connectivity index (χ1v) is 7.16. The average Bonchev–Trinajstić information content (AvgIpc) is 2.34. The van der Waals surface area contributed by atoms with E-state index in [-0.39, 0.29) is 11.8 Å². The molecule has 1 aromatic rings. The molecular weight excluding hydrogens is 308 g/mol. The molecule has 0 aromatic heterocycles. The summed E-state index contributed by atoms with van der Waals surface area (Å²) in [6, 6.07) is 4.03. The number of halogens is 1. The van der Waals surface area contributed by atoms with Crippen LogP contribution in [-0.2, 0) is 11.3 Å². The number of hydrogen-bond acceptors (Lipinski definition) is 3. The zero-order valence-electron chi connectivity index (χ0n) is 11.6. The molecule has 0 saturated heterocycles. The van der Waals surface area contributed by atoms with Crippen molar-refractivity contribution in [2.75, 3.05) is 13.2 Å². The highest BCUT2D eigenvalue weighted by atomic mass is 79.9. The van der Waals surface area contributed by atoms with Crippen molar-refractivity contribution < 1.29 is 9.53 Å². The van der Waals surface area contributed by atoms with Crippen molar-refractivity contribution in [2.45, 2.75) is 27.3 Å². The van der Waals surface area contributed by atoms with Gasteiger partial charge in [0.05, 0.1) is 12.5 Å². The van der Waals surface area contributed by atoms with Crippen LogP contribution in [0.3, 0.4) is 0 Å². The van der Waals surface area contributed by atoms with Gasteiger partial charge in [0.1, 0.15) is 5.75 Å². The van der Waals surface area contributed by atoms with Crippen LogP contribution < -0.4 is 15.8 Å². The van der Waals surface area contributed by atoms with Gasteiger partial charge in [-0.15, -0.1) is 0 Å². The van der Waals surface area contributed by atoms with Gasteiger partial charge >= 0.3 is 0 Å². The fourth-order valence-corrected chi connectivity index (χ4v) is 2.31. The molecule has 0 aliphatic heterocycles. The standard InChI is InChI=1S/C14H21BrN2O2/c1-4-17-7-11-6-12(15)5-9(2)13(11)19-8-10(3)14(16)18/h5-6,10,17H,4,7-8H2,1-3H3,(H2,16,18). The van der Waals surface area contributed by atoms with Gasteiger partial charge in [0.25, 0.3) is 0 Å². The number of ether oxygens (including phenoxy) is 1. The molecule has 5 heteroatoms. The molecule has 1 rings (SSSR count). The van der Waals surface area contributed by atoms with E-state index in [1.54, 1.807) is 6.92 Å². The van der Waals surface area contributed by atoms with Crippen LogP contribution in [0.4, 0.5) is 0 Å². The van der Waals surface area contributed by atoms with Crippen LogP contribution in [0.1, 0.15) is 25.0 Å². The molecule has 106 valence electrons. The van der Waals surface area contributed by atoms with Gasteiger partial charge in [-0.25, -0.2) is 0 Å². The largest absolute Gasteiger partial charge is 0.492 e. The molecule has 1 unspecified atom stereocenters. The van der Waals surface area contributed by atoms with Crippen molar-refractivity contribution in [3.8, 4) is 5.75 Å². The summed E-state index contributed by atoms with van der Waals surface area (Å²) in [5.74, 6) is 0.190. The molecule has 0 aliphatic rings. The average molecular weight is 329 g/mol. The Balaban J connectivity index is 2.87. The lowest BCUT2D eigenvalue weighted by Crippen LogP contribution is -2.26. The zero-order valence-corrected chi connectivity index (χ0v) is 13.2. The first-order valence-electron chi connectivity index (χ1n) is 6.37. The molecule has 1 atom stereocenters. The summed E-state index contributed by atoms with van der Waals surface area (Å²) in [7, 11) is 0. The van der Waals surface area contributed by atoms with Gasteiger partial charge in [0, 0.05) is 16.6 Å². The quantitative estimate of drug-likeness (QED) is 0.807. The fourth-order valence-electron chi connectivity index (χ4n) is 1.69. The van der Waals surface area contributed by atoms with E-state index in [0.29, 0.717) is 6.61 Å². The molecular formula is C14H21BrN2O2. The molecule has 1 aromatic carbocycles. The molecule has 1 amide bonds. The summed E-state index contributed by atoms with van der Waals surface area (Å²) in [6.07, 6.45) is 0. The first-order chi connectivity index (χ1) is 8.95. The van der Waals surface area contributed by atoms with Gasteiger partial charge < -0.3 is 15.8 Å². The van der Waals surface area contributed by atoms with Crippen molar-refractivity contribution in [3.63, 3.8) is 0 Å². The predicted octanol–water partition coefficient (Wildman–Crippen LogP) is 2.37. The number of carbonyl (C=O) groups excluding carboxylic acids is 1. The number of amides is 1. The third-order valence-electron chi connectivity index (χ3n) is 2.85. The Bertz CT molecular complexity index is 449. The number of hydrogen-bond donors (Lipinski definition) is 2. The molecule has 0 heterocycles. The van der Waals surface area contributed by atoms with Crippen molar-refractivity contribution >= 4 is 21.8 Å². The van der Waals surface area contributed by atoms with Crippen molar-refractivity contribution in [3.05, 3.63) is 27.7 Å². The third-order valence-corrected chi connectivity index (χ3v) is 3.30. The van der Waals surface area contributed by atoms with Crippen LogP contribution in [0.5, 0.6) is 5.75 Å². The van der Waals surface area contributed by atoms with E-state index < -0.39 is 0 Å². The van der Waals surface area contributed by atoms with E-state index in [4.69, 9.17) is 10.5 Å². The van der Waals surface area contributed by atoms with E-state index in [1.807, 2.05) is 19.1 Å². The van der Waals surface area contributed by atoms with Crippen LogP contribution in [-0.4, -0.2) is 19.1 Å². The van der Waals surface area contributed by atoms with E-state index in [2.05, 4.69) is 28.2 Å². The Morgan fingerprint density at radius 3 is 2.79 bits per heavy atom.